The van der Waals surface area contributed by atoms with Gasteiger partial charge in [-0.05, 0) is 31.9 Å². The summed E-state index contributed by atoms with van der Waals surface area (Å²) in [5.74, 6) is -0.00231. The molecule has 1 aromatic rings. The number of aromatic nitrogens is 1. The molecule has 0 aromatic carbocycles. The number of rotatable bonds is 3. The van der Waals surface area contributed by atoms with Crippen molar-refractivity contribution in [1.82, 2.24) is 15.2 Å². The predicted molar refractivity (Wildman–Crippen MR) is 66.5 cm³/mol. The van der Waals surface area contributed by atoms with E-state index in [-0.39, 0.29) is 11.9 Å². The second-order valence-electron chi connectivity index (χ2n) is 4.85. The van der Waals surface area contributed by atoms with E-state index in [0.29, 0.717) is 16.8 Å². The summed E-state index contributed by atoms with van der Waals surface area (Å²) in [6.45, 7) is 1.85. The maximum Gasteiger partial charge on any atom is 0.268 e. The van der Waals surface area contributed by atoms with Crippen LogP contribution in [-0.4, -0.2) is 29.6 Å². The summed E-state index contributed by atoms with van der Waals surface area (Å²) in [7, 11) is 0. The molecular formula is C12H16ClN3O. The van der Waals surface area contributed by atoms with Gasteiger partial charge in [0.2, 0.25) is 0 Å². The van der Waals surface area contributed by atoms with Crippen LogP contribution in [0, 0.1) is 0 Å². The number of hydrogen-bond acceptors (Lipinski definition) is 2. The minimum absolute atomic E-state index is 0.00231. The zero-order valence-electron chi connectivity index (χ0n) is 9.58. The van der Waals surface area contributed by atoms with E-state index in [1.165, 1.54) is 0 Å². The minimum atomic E-state index is -0.00231. The van der Waals surface area contributed by atoms with Crippen LogP contribution >= 0.6 is 11.6 Å². The van der Waals surface area contributed by atoms with Gasteiger partial charge in [-0.2, -0.15) is 0 Å². The Labute approximate surface area is 105 Å². The molecule has 2 N–H and O–H groups in total. The highest BCUT2D eigenvalue weighted by Crippen LogP contribution is 2.37. The largest absolute Gasteiger partial charge is 0.347 e. The molecule has 0 radical (unpaired) electrons. The van der Waals surface area contributed by atoms with E-state index in [2.05, 4.69) is 10.6 Å². The van der Waals surface area contributed by atoms with Crippen molar-refractivity contribution in [3.05, 3.63) is 23.0 Å². The lowest BCUT2D eigenvalue weighted by atomic mass is 10.2. The third-order valence-electron chi connectivity index (χ3n) is 3.38. The fourth-order valence-corrected chi connectivity index (χ4v) is 2.53. The molecule has 0 unspecified atom stereocenters. The topological polar surface area (TPSA) is 46.1 Å². The summed E-state index contributed by atoms with van der Waals surface area (Å²) in [6, 6.07) is 2.49. The van der Waals surface area contributed by atoms with Gasteiger partial charge < -0.3 is 15.2 Å². The van der Waals surface area contributed by atoms with Crippen molar-refractivity contribution in [3.63, 3.8) is 0 Å². The van der Waals surface area contributed by atoms with Crippen LogP contribution in [0.15, 0.2) is 12.3 Å². The van der Waals surface area contributed by atoms with Crippen molar-refractivity contribution in [2.45, 2.75) is 31.3 Å². The number of carbonyl (C=O) groups excluding carboxylic acids is 1. The monoisotopic (exact) mass is 253 g/mol. The highest BCUT2D eigenvalue weighted by molar-refractivity contribution is 6.31. The van der Waals surface area contributed by atoms with Crippen LogP contribution in [0.5, 0.6) is 0 Å². The molecule has 92 valence electrons. The molecule has 3 rings (SSSR count). The van der Waals surface area contributed by atoms with E-state index < -0.39 is 0 Å². The van der Waals surface area contributed by atoms with Gasteiger partial charge in [-0.25, -0.2) is 0 Å². The third-order valence-corrected chi connectivity index (χ3v) is 3.59. The first-order valence-corrected chi connectivity index (χ1v) is 6.51. The van der Waals surface area contributed by atoms with Gasteiger partial charge >= 0.3 is 0 Å². The molecule has 1 aromatic heterocycles. The first-order valence-electron chi connectivity index (χ1n) is 6.13. The van der Waals surface area contributed by atoms with Crippen LogP contribution in [0.25, 0.3) is 0 Å². The zero-order chi connectivity index (χ0) is 11.8. The van der Waals surface area contributed by atoms with Gasteiger partial charge in [0.05, 0.1) is 5.02 Å². The number of hydrogen-bond donors (Lipinski definition) is 2. The van der Waals surface area contributed by atoms with Crippen LogP contribution in [0.4, 0.5) is 0 Å². The number of nitrogens with zero attached hydrogens (tertiary/aromatic N) is 1. The second-order valence-corrected chi connectivity index (χ2v) is 5.28. The average molecular weight is 254 g/mol. The first-order chi connectivity index (χ1) is 8.24. The first kappa shape index (κ1) is 11.1. The normalized spacial score (nSPS) is 23.9. The summed E-state index contributed by atoms with van der Waals surface area (Å²) in [5, 5.41) is 6.93. The molecule has 1 aliphatic heterocycles. The van der Waals surface area contributed by atoms with Gasteiger partial charge in [0.25, 0.3) is 5.91 Å². The molecule has 0 bridgehead atoms. The highest BCUT2D eigenvalue weighted by Gasteiger charge is 2.28. The Bertz CT molecular complexity index is 433. The molecule has 1 saturated carbocycles. The van der Waals surface area contributed by atoms with Gasteiger partial charge in [-0.1, -0.05) is 11.6 Å². The van der Waals surface area contributed by atoms with Crippen molar-refractivity contribution >= 4 is 17.5 Å². The van der Waals surface area contributed by atoms with Crippen molar-refractivity contribution in [2.24, 2.45) is 0 Å². The molecule has 2 heterocycles. The van der Waals surface area contributed by atoms with E-state index in [9.17, 15) is 4.79 Å². The standard InChI is InChI=1S/C12H16ClN3O/c13-8-5-11(16(7-8)10-1-2-10)12(17)15-9-3-4-14-6-9/h5,7,9-10,14H,1-4,6H2,(H,15,17)/t9-/m0/s1. The molecular weight excluding hydrogens is 238 g/mol. The minimum Gasteiger partial charge on any atom is -0.347 e. The molecule has 4 nitrogen and oxygen atoms in total. The molecule has 1 amide bonds. The summed E-state index contributed by atoms with van der Waals surface area (Å²) in [5.41, 5.74) is 0.699. The van der Waals surface area contributed by atoms with E-state index in [1.807, 2.05) is 10.8 Å². The Kier molecular flexibility index (Phi) is 2.84. The third kappa shape index (κ3) is 2.33. The lowest BCUT2D eigenvalue weighted by Crippen LogP contribution is -2.37. The summed E-state index contributed by atoms with van der Waals surface area (Å²) in [6.07, 6.45) is 5.16. The molecule has 5 heteroatoms. The Morgan fingerprint density at radius 1 is 1.47 bits per heavy atom. The van der Waals surface area contributed by atoms with E-state index in [0.717, 1.165) is 32.4 Å². The van der Waals surface area contributed by atoms with Gasteiger partial charge in [0.1, 0.15) is 5.69 Å². The van der Waals surface area contributed by atoms with Crippen LogP contribution < -0.4 is 10.6 Å². The predicted octanol–water partition coefficient (Wildman–Crippen LogP) is 1.57. The average Bonchev–Trinajstić information content (AvgIpc) is 2.88. The van der Waals surface area contributed by atoms with Crippen LogP contribution in [-0.2, 0) is 0 Å². The van der Waals surface area contributed by atoms with Crippen LogP contribution in [0.1, 0.15) is 35.8 Å². The van der Waals surface area contributed by atoms with Crippen molar-refractivity contribution < 1.29 is 4.79 Å². The Balaban J connectivity index is 1.75. The van der Waals surface area contributed by atoms with E-state index in [1.54, 1.807) is 6.07 Å². The van der Waals surface area contributed by atoms with Gasteiger partial charge in [-0.3, -0.25) is 4.79 Å². The summed E-state index contributed by atoms with van der Waals surface area (Å²) in [4.78, 5) is 12.1. The molecule has 2 aliphatic rings. The quantitative estimate of drug-likeness (QED) is 0.859. The van der Waals surface area contributed by atoms with Crippen LogP contribution in [0.2, 0.25) is 5.02 Å². The highest BCUT2D eigenvalue weighted by atomic mass is 35.5. The SMILES string of the molecule is O=C(N[C@H]1CCNC1)c1cc(Cl)cn1C1CC1. The summed E-state index contributed by atoms with van der Waals surface area (Å²) >= 11 is 5.98. The van der Waals surface area contributed by atoms with Crippen LogP contribution in [0.3, 0.4) is 0 Å². The molecule has 0 spiro atoms. The van der Waals surface area contributed by atoms with E-state index >= 15 is 0 Å². The Morgan fingerprint density at radius 3 is 2.94 bits per heavy atom. The van der Waals surface area contributed by atoms with Crippen molar-refractivity contribution in [1.29, 1.82) is 0 Å². The maximum absolute atomic E-state index is 12.1. The lowest BCUT2D eigenvalue weighted by molar-refractivity contribution is 0.0930. The smallest absolute Gasteiger partial charge is 0.268 e. The lowest BCUT2D eigenvalue weighted by Gasteiger charge is -2.12. The molecule has 2 fully saturated rings. The summed E-state index contributed by atoms with van der Waals surface area (Å²) < 4.78 is 2.01. The number of halogens is 1. The second kappa shape index (κ2) is 4.35. The fourth-order valence-electron chi connectivity index (χ4n) is 2.32. The molecule has 1 saturated heterocycles. The molecule has 1 atom stereocenters. The fraction of sp³-hybridized carbons (Fsp3) is 0.583. The van der Waals surface area contributed by atoms with E-state index in [4.69, 9.17) is 11.6 Å². The Morgan fingerprint density at radius 2 is 2.29 bits per heavy atom. The number of nitrogens with one attached hydrogen (secondary N) is 2. The van der Waals surface area contributed by atoms with Crippen molar-refractivity contribution in [2.75, 3.05) is 13.1 Å². The van der Waals surface area contributed by atoms with Gasteiger partial charge in [0, 0.05) is 24.8 Å². The number of carbonyl (C=O) groups is 1. The maximum atomic E-state index is 12.1. The van der Waals surface area contributed by atoms with Crippen molar-refractivity contribution in [3.8, 4) is 0 Å². The molecule has 17 heavy (non-hydrogen) atoms. The zero-order valence-corrected chi connectivity index (χ0v) is 10.3. The Hall–Kier alpha value is -1.00. The number of amides is 1. The molecule has 1 aliphatic carbocycles. The van der Waals surface area contributed by atoms with Gasteiger partial charge in [-0.15, -0.1) is 0 Å². The van der Waals surface area contributed by atoms with Gasteiger partial charge in [0.15, 0.2) is 0 Å².